The van der Waals surface area contributed by atoms with Gasteiger partial charge in [-0.2, -0.15) is 0 Å². The first-order chi connectivity index (χ1) is 9.31. The van der Waals surface area contributed by atoms with E-state index in [1.807, 2.05) is 39.8 Å². The monoisotopic (exact) mass is 255 g/mol. The van der Waals surface area contributed by atoms with Crippen LogP contribution >= 0.6 is 0 Å². The average Bonchev–Trinajstić information content (AvgIpc) is 2.99. The molecule has 1 aromatic heterocycles. The molecule has 0 atom stereocenters. The van der Waals surface area contributed by atoms with Crippen molar-refractivity contribution in [1.29, 1.82) is 0 Å². The Kier molecular flexibility index (Phi) is 3.07. The van der Waals surface area contributed by atoms with Gasteiger partial charge in [-0.15, -0.1) is 0 Å². The summed E-state index contributed by atoms with van der Waals surface area (Å²) in [6.45, 7) is 3.57. The summed E-state index contributed by atoms with van der Waals surface area (Å²) < 4.78 is 2.01. The molecule has 0 fully saturated rings. The van der Waals surface area contributed by atoms with Crippen molar-refractivity contribution in [3.05, 3.63) is 42.4 Å². The van der Waals surface area contributed by atoms with Gasteiger partial charge in [0.2, 0.25) is 5.82 Å². The van der Waals surface area contributed by atoms with Crippen molar-refractivity contribution >= 4 is 5.91 Å². The van der Waals surface area contributed by atoms with Crippen LogP contribution in [-0.4, -0.2) is 26.9 Å². The van der Waals surface area contributed by atoms with Crippen LogP contribution < -0.4 is 0 Å². The van der Waals surface area contributed by atoms with Crippen molar-refractivity contribution < 1.29 is 4.79 Å². The van der Waals surface area contributed by atoms with Crippen molar-refractivity contribution in [2.24, 2.45) is 0 Å². The maximum Gasteiger partial charge on any atom is 0.291 e. The number of aromatic nitrogens is 2. The zero-order valence-electron chi connectivity index (χ0n) is 11.0. The lowest BCUT2D eigenvalue weighted by Crippen LogP contribution is -2.25. The zero-order chi connectivity index (χ0) is 13.2. The van der Waals surface area contributed by atoms with Crippen LogP contribution in [0.1, 0.15) is 30.4 Å². The lowest BCUT2D eigenvalue weighted by molar-refractivity contribution is 0.0764. The SMILES string of the molecule is CCCCN1Cn2c(-c3ccccc3)cnc2C1=O. The molecular weight excluding hydrogens is 238 g/mol. The molecule has 0 saturated heterocycles. The summed E-state index contributed by atoms with van der Waals surface area (Å²) in [5.74, 6) is 0.616. The number of carbonyl (C=O) groups is 1. The Labute approximate surface area is 112 Å². The van der Waals surface area contributed by atoms with E-state index in [2.05, 4.69) is 11.9 Å². The van der Waals surface area contributed by atoms with E-state index < -0.39 is 0 Å². The van der Waals surface area contributed by atoms with E-state index in [4.69, 9.17) is 0 Å². The molecule has 4 nitrogen and oxygen atoms in total. The maximum atomic E-state index is 12.2. The van der Waals surface area contributed by atoms with E-state index in [1.165, 1.54) is 0 Å². The number of amides is 1. The third kappa shape index (κ3) is 2.03. The third-order valence-corrected chi connectivity index (χ3v) is 3.50. The number of rotatable bonds is 4. The van der Waals surface area contributed by atoms with Gasteiger partial charge in [0.15, 0.2) is 0 Å². The Hall–Kier alpha value is -2.10. The highest BCUT2D eigenvalue weighted by Gasteiger charge is 2.30. The van der Waals surface area contributed by atoms with Crippen LogP contribution in [0.5, 0.6) is 0 Å². The van der Waals surface area contributed by atoms with Gasteiger partial charge in [-0.3, -0.25) is 4.79 Å². The largest absolute Gasteiger partial charge is 0.318 e. The fourth-order valence-corrected chi connectivity index (χ4v) is 2.43. The molecule has 19 heavy (non-hydrogen) atoms. The Morgan fingerprint density at radius 3 is 2.79 bits per heavy atom. The second-order valence-corrected chi connectivity index (χ2v) is 4.82. The molecule has 1 aromatic carbocycles. The Bertz CT molecular complexity index is 589. The number of carbonyl (C=O) groups excluding carboxylic acids is 1. The molecular formula is C15H17N3O. The minimum absolute atomic E-state index is 0.0515. The van der Waals surface area contributed by atoms with Gasteiger partial charge in [-0.25, -0.2) is 4.98 Å². The topological polar surface area (TPSA) is 38.1 Å². The van der Waals surface area contributed by atoms with Gasteiger partial charge < -0.3 is 9.47 Å². The standard InChI is InChI=1S/C15H17N3O/c1-2-3-9-17-11-18-13(10-16-14(18)15(17)19)12-7-5-4-6-8-12/h4-8,10H,2-3,9,11H2,1H3. The highest BCUT2D eigenvalue weighted by atomic mass is 16.2. The van der Waals surface area contributed by atoms with E-state index in [0.717, 1.165) is 30.6 Å². The molecule has 0 saturated carbocycles. The van der Waals surface area contributed by atoms with Crippen molar-refractivity contribution in [2.45, 2.75) is 26.4 Å². The maximum absolute atomic E-state index is 12.2. The normalized spacial score (nSPS) is 13.9. The van der Waals surface area contributed by atoms with Crippen molar-refractivity contribution in [2.75, 3.05) is 6.54 Å². The smallest absolute Gasteiger partial charge is 0.291 e. The van der Waals surface area contributed by atoms with Crippen LogP contribution in [-0.2, 0) is 6.67 Å². The molecule has 98 valence electrons. The molecule has 0 N–H and O–H groups in total. The molecule has 4 heteroatoms. The van der Waals surface area contributed by atoms with E-state index >= 15 is 0 Å². The molecule has 0 unspecified atom stereocenters. The Morgan fingerprint density at radius 1 is 1.26 bits per heavy atom. The van der Waals surface area contributed by atoms with Gasteiger partial charge in [0.1, 0.15) is 0 Å². The number of nitrogens with zero attached hydrogens (tertiary/aromatic N) is 3. The fourth-order valence-electron chi connectivity index (χ4n) is 2.43. The van der Waals surface area contributed by atoms with E-state index in [0.29, 0.717) is 12.5 Å². The molecule has 0 aliphatic carbocycles. The first-order valence-corrected chi connectivity index (χ1v) is 6.71. The van der Waals surface area contributed by atoms with Gasteiger partial charge in [0, 0.05) is 6.54 Å². The molecule has 3 rings (SSSR count). The number of hydrogen-bond donors (Lipinski definition) is 0. The molecule has 2 aromatic rings. The fraction of sp³-hybridized carbons (Fsp3) is 0.333. The molecule has 0 radical (unpaired) electrons. The number of benzene rings is 1. The summed E-state index contributed by atoms with van der Waals surface area (Å²) in [5.41, 5.74) is 2.12. The number of imidazole rings is 1. The number of unbranched alkanes of at least 4 members (excludes halogenated alkanes) is 1. The molecule has 1 aliphatic rings. The molecule has 1 amide bonds. The van der Waals surface area contributed by atoms with Crippen molar-refractivity contribution in [1.82, 2.24) is 14.5 Å². The minimum atomic E-state index is 0.0515. The van der Waals surface area contributed by atoms with Crippen molar-refractivity contribution in [3.63, 3.8) is 0 Å². The van der Waals surface area contributed by atoms with Crippen LogP contribution in [0.3, 0.4) is 0 Å². The summed E-state index contributed by atoms with van der Waals surface area (Å²) >= 11 is 0. The van der Waals surface area contributed by atoms with Gasteiger partial charge in [0.25, 0.3) is 5.91 Å². The van der Waals surface area contributed by atoms with E-state index in [9.17, 15) is 4.79 Å². The molecule has 1 aliphatic heterocycles. The predicted molar refractivity (Wildman–Crippen MR) is 73.6 cm³/mol. The highest BCUT2D eigenvalue weighted by Crippen LogP contribution is 2.25. The highest BCUT2D eigenvalue weighted by molar-refractivity contribution is 5.93. The van der Waals surface area contributed by atoms with Crippen LogP contribution in [0.15, 0.2) is 36.5 Å². The molecule has 0 spiro atoms. The first kappa shape index (κ1) is 12.0. The summed E-state index contributed by atoms with van der Waals surface area (Å²) in [6.07, 6.45) is 3.93. The zero-order valence-corrected chi connectivity index (χ0v) is 11.0. The Balaban J connectivity index is 1.90. The van der Waals surface area contributed by atoms with Gasteiger partial charge in [-0.05, 0) is 12.0 Å². The summed E-state index contributed by atoms with van der Waals surface area (Å²) in [6, 6.07) is 10.1. The van der Waals surface area contributed by atoms with Crippen molar-refractivity contribution in [3.8, 4) is 11.3 Å². The Morgan fingerprint density at radius 2 is 2.05 bits per heavy atom. The van der Waals surface area contributed by atoms with E-state index in [1.54, 1.807) is 6.20 Å². The van der Waals surface area contributed by atoms with Gasteiger partial charge in [-0.1, -0.05) is 43.7 Å². The predicted octanol–water partition coefficient (Wildman–Crippen LogP) is 2.76. The molecule has 2 heterocycles. The lowest BCUT2D eigenvalue weighted by Gasteiger charge is -2.14. The van der Waals surface area contributed by atoms with E-state index in [-0.39, 0.29) is 5.91 Å². The number of fused-ring (bicyclic) bond motifs is 1. The van der Waals surface area contributed by atoms with Gasteiger partial charge in [0.05, 0.1) is 18.6 Å². The summed E-state index contributed by atoms with van der Waals surface area (Å²) in [4.78, 5) is 18.3. The second-order valence-electron chi connectivity index (χ2n) is 4.82. The third-order valence-electron chi connectivity index (χ3n) is 3.50. The quantitative estimate of drug-likeness (QED) is 0.842. The van der Waals surface area contributed by atoms with Gasteiger partial charge >= 0.3 is 0 Å². The lowest BCUT2D eigenvalue weighted by atomic mass is 10.2. The van der Waals surface area contributed by atoms with Crippen LogP contribution in [0.2, 0.25) is 0 Å². The summed E-state index contributed by atoms with van der Waals surface area (Å²) in [5, 5.41) is 0. The minimum Gasteiger partial charge on any atom is -0.318 e. The van der Waals surface area contributed by atoms with Crippen LogP contribution in [0.25, 0.3) is 11.3 Å². The van der Waals surface area contributed by atoms with Crippen LogP contribution in [0.4, 0.5) is 0 Å². The van der Waals surface area contributed by atoms with Crippen LogP contribution in [0, 0.1) is 0 Å². The first-order valence-electron chi connectivity index (χ1n) is 6.71. The molecule has 0 bridgehead atoms. The number of hydrogen-bond acceptors (Lipinski definition) is 2. The summed E-state index contributed by atoms with van der Waals surface area (Å²) in [7, 11) is 0. The average molecular weight is 255 g/mol. The second kappa shape index (κ2) is 4.88.